The second-order valence-corrected chi connectivity index (χ2v) is 10.5. The Kier molecular flexibility index (Phi) is 6.52. The summed E-state index contributed by atoms with van der Waals surface area (Å²) in [6, 6.07) is 7.05. The van der Waals surface area contributed by atoms with E-state index in [1.807, 2.05) is 6.07 Å². The van der Waals surface area contributed by atoms with Crippen molar-refractivity contribution in [2.24, 2.45) is 11.7 Å². The Balaban J connectivity index is 1.32. The second-order valence-electron chi connectivity index (χ2n) is 10.5. The van der Waals surface area contributed by atoms with Gasteiger partial charge in [-0.05, 0) is 66.1 Å². The molecule has 2 aliphatic rings. The van der Waals surface area contributed by atoms with Gasteiger partial charge in [0.15, 0.2) is 5.67 Å². The SMILES string of the molecule is CO[C@@H]1[C@H](N)C[C@H](c2ccncc2Nc2ncc3ccc(-c4c(F)cc(C5(F)COC5)cc4F)nn23)C[C@@H]1C. The lowest BCUT2D eigenvalue weighted by Crippen LogP contribution is -2.45. The zero-order valence-electron chi connectivity index (χ0n) is 21.6. The van der Waals surface area contributed by atoms with E-state index in [-0.39, 0.29) is 54.0 Å². The van der Waals surface area contributed by atoms with E-state index < -0.39 is 17.3 Å². The first kappa shape index (κ1) is 25.7. The van der Waals surface area contributed by atoms with Crippen LogP contribution >= 0.6 is 0 Å². The maximum atomic E-state index is 15.1. The summed E-state index contributed by atoms with van der Waals surface area (Å²) in [5, 5.41) is 7.78. The van der Waals surface area contributed by atoms with Crippen molar-refractivity contribution in [3.8, 4) is 11.3 Å². The molecule has 8 nitrogen and oxygen atoms in total. The van der Waals surface area contributed by atoms with Crippen LogP contribution in [0.3, 0.4) is 0 Å². The average molecular weight is 539 g/mol. The molecule has 1 saturated carbocycles. The third-order valence-corrected chi connectivity index (χ3v) is 7.87. The molecule has 3 N–H and O–H groups in total. The van der Waals surface area contributed by atoms with Crippen LogP contribution in [0.25, 0.3) is 16.8 Å². The topological polar surface area (TPSA) is 99.6 Å². The molecule has 4 aromatic rings. The van der Waals surface area contributed by atoms with Gasteiger partial charge in [0.2, 0.25) is 5.95 Å². The molecule has 0 radical (unpaired) electrons. The molecule has 3 aromatic heterocycles. The van der Waals surface area contributed by atoms with Crippen LogP contribution < -0.4 is 11.1 Å². The van der Waals surface area contributed by atoms with E-state index in [1.165, 1.54) is 10.6 Å². The molecular formula is C28H29F3N6O2. The van der Waals surface area contributed by atoms with Gasteiger partial charge in [-0.15, -0.1) is 0 Å². The zero-order chi connectivity index (χ0) is 27.3. The lowest BCUT2D eigenvalue weighted by Gasteiger charge is -2.38. The fraction of sp³-hybridized carbons (Fsp3) is 0.393. The van der Waals surface area contributed by atoms with Gasteiger partial charge in [-0.1, -0.05) is 6.92 Å². The van der Waals surface area contributed by atoms with E-state index >= 15 is 8.78 Å². The summed E-state index contributed by atoms with van der Waals surface area (Å²) in [4.78, 5) is 8.73. The average Bonchev–Trinajstić information content (AvgIpc) is 3.29. The molecule has 0 amide bonds. The van der Waals surface area contributed by atoms with Crippen molar-refractivity contribution in [2.75, 3.05) is 25.6 Å². The number of hydrogen-bond donors (Lipinski definition) is 2. The number of benzene rings is 1. The highest BCUT2D eigenvalue weighted by Gasteiger charge is 2.42. The molecule has 1 aliphatic carbocycles. The van der Waals surface area contributed by atoms with Crippen molar-refractivity contribution in [3.63, 3.8) is 0 Å². The van der Waals surface area contributed by atoms with E-state index in [2.05, 4.69) is 27.3 Å². The summed E-state index contributed by atoms with van der Waals surface area (Å²) >= 11 is 0. The van der Waals surface area contributed by atoms with E-state index in [9.17, 15) is 4.39 Å². The van der Waals surface area contributed by atoms with Crippen LogP contribution in [0.4, 0.5) is 24.8 Å². The largest absolute Gasteiger partial charge is 0.380 e. The first-order valence-electron chi connectivity index (χ1n) is 12.9. The maximum Gasteiger partial charge on any atom is 0.229 e. The molecule has 0 spiro atoms. The van der Waals surface area contributed by atoms with Gasteiger partial charge in [-0.3, -0.25) is 4.98 Å². The van der Waals surface area contributed by atoms with Crippen LogP contribution in [0, 0.1) is 17.6 Å². The minimum absolute atomic E-state index is 0.00528. The molecule has 0 bridgehead atoms. The number of anilines is 2. The molecule has 204 valence electrons. The third kappa shape index (κ3) is 4.54. The highest BCUT2D eigenvalue weighted by atomic mass is 19.1. The number of ether oxygens (including phenoxy) is 2. The number of methoxy groups -OCH3 is 1. The predicted molar refractivity (Wildman–Crippen MR) is 139 cm³/mol. The Morgan fingerprint density at radius 2 is 1.90 bits per heavy atom. The summed E-state index contributed by atoms with van der Waals surface area (Å²) in [7, 11) is 1.69. The molecule has 6 rings (SSSR count). The standard InChI is InChI=1S/C28H29F3N6O2/c1-15-7-16(8-22(32)26(15)38-2)19-5-6-33-12-24(19)35-27-34-11-18-3-4-23(36-37(18)27)25-20(29)9-17(10-21(25)30)28(31)13-39-14-28/h3-6,9-12,15-16,22,26H,7-8,13-14,32H2,1-2H3,(H,34,35)/t15-,16+,22+,26-/m0/s1. The van der Waals surface area contributed by atoms with Crippen molar-refractivity contribution in [1.82, 2.24) is 19.6 Å². The smallest absolute Gasteiger partial charge is 0.229 e. The molecule has 1 saturated heterocycles. The first-order valence-corrected chi connectivity index (χ1v) is 12.9. The normalized spacial score (nSPS) is 24.5. The van der Waals surface area contributed by atoms with Crippen molar-refractivity contribution in [2.45, 2.75) is 43.5 Å². The van der Waals surface area contributed by atoms with E-state index in [4.69, 9.17) is 15.2 Å². The van der Waals surface area contributed by atoms with Crippen molar-refractivity contribution in [1.29, 1.82) is 0 Å². The van der Waals surface area contributed by atoms with Gasteiger partial charge >= 0.3 is 0 Å². The summed E-state index contributed by atoms with van der Waals surface area (Å²) in [6.45, 7) is 1.68. The Hall–Kier alpha value is -3.54. The number of nitrogens with two attached hydrogens (primary N) is 1. The number of halogens is 3. The monoisotopic (exact) mass is 538 g/mol. The number of rotatable bonds is 6. The van der Waals surface area contributed by atoms with Crippen molar-refractivity contribution >= 4 is 17.2 Å². The molecule has 2 fully saturated rings. The summed E-state index contributed by atoms with van der Waals surface area (Å²) in [6.07, 6.45) is 6.73. The zero-order valence-corrected chi connectivity index (χ0v) is 21.6. The fourth-order valence-corrected chi connectivity index (χ4v) is 5.84. The summed E-state index contributed by atoms with van der Waals surface area (Å²) < 4.78 is 56.8. The van der Waals surface area contributed by atoms with Gasteiger partial charge < -0.3 is 20.5 Å². The quantitative estimate of drug-likeness (QED) is 0.362. The highest BCUT2D eigenvalue weighted by Crippen LogP contribution is 2.40. The fourth-order valence-electron chi connectivity index (χ4n) is 5.84. The minimum atomic E-state index is -1.88. The molecule has 4 heterocycles. The molecule has 1 aliphatic heterocycles. The van der Waals surface area contributed by atoms with Crippen LogP contribution in [-0.4, -0.2) is 52.1 Å². The van der Waals surface area contributed by atoms with E-state index in [1.54, 1.807) is 31.8 Å². The molecule has 4 atom stereocenters. The van der Waals surface area contributed by atoms with Gasteiger partial charge in [0, 0.05) is 19.3 Å². The number of alkyl halides is 1. The maximum absolute atomic E-state index is 15.1. The first-order chi connectivity index (χ1) is 18.8. The third-order valence-electron chi connectivity index (χ3n) is 7.87. The van der Waals surface area contributed by atoms with E-state index in [0.29, 0.717) is 11.5 Å². The Morgan fingerprint density at radius 1 is 1.13 bits per heavy atom. The summed E-state index contributed by atoms with van der Waals surface area (Å²) in [5.41, 5.74) is 6.58. The lowest BCUT2D eigenvalue weighted by molar-refractivity contribution is -0.135. The summed E-state index contributed by atoms with van der Waals surface area (Å²) in [5.74, 6) is -0.982. The number of pyridine rings is 1. The number of fused-ring (bicyclic) bond motifs is 1. The highest BCUT2D eigenvalue weighted by molar-refractivity contribution is 5.66. The molecule has 0 unspecified atom stereocenters. The molecular weight excluding hydrogens is 509 g/mol. The van der Waals surface area contributed by atoms with Crippen LogP contribution in [-0.2, 0) is 15.1 Å². The van der Waals surface area contributed by atoms with Crippen molar-refractivity contribution in [3.05, 3.63) is 71.7 Å². The second kappa shape index (κ2) is 9.89. The number of aromatic nitrogens is 4. The van der Waals surface area contributed by atoms with Crippen LogP contribution in [0.15, 0.2) is 48.9 Å². The van der Waals surface area contributed by atoms with Gasteiger partial charge in [-0.2, -0.15) is 9.61 Å². The number of hydrogen-bond acceptors (Lipinski definition) is 7. The van der Waals surface area contributed by atoms with Crippen LogP contribution in [0.5, 0.6) is 0 Å². The van der Waals surface area contributed by atoms with Crippen LogP contribution in [0.1, 0.15) is 36.8 Å². The van der Waals surface area contributed by atoms with Crippen molar-refractivity contribution < 1.29 is 22.6 Å². The number of imidazole rings is 1. The predicted octanol–water partition coefficient (Wildman–Crippen LogP) is 4.86. The molecule has 11 heteroatoms. The van der Waals surface area contributed by atoms with E-state index in [0.717, 1.165) is 36.2 Å². The number of nitrogens with zero attached hydrogens (tertiary/aromatic N) is 4. The molecule has 1 aromatic carbocycles. The Labute approximate surface area is 223 Å². The lowest BCUT2D eigenvalue weighted by atomic mass is 9.74. The van der Waals surface area contributed by atoms with Gasteiger partial charge in [0.05, 0.1) is 54.2 Å². The number of nitrogens with one attached hydrogen (secondary N) is 1. The molecule has 39 heavy (non-hydrogen) atoms. The minimum Gasteiger partial charge on any atom is -0.380 e. The van der Waals surface area contributed by atoms with Gasteiger partial charge in [-0.25, -0.2) is 18.2 Å². The van der Waals surface area contributed by atoms with Crippen LogP contribution in [0.2, 0.25) is 0 Å². The Bertz CT molecular complexity index is 1490. The van der Waals surface area contributed by atoms with Gasteiger partial charge in [0.25, 0.3) is 0 Å². The Morgan fingerprint density at radius 3 is 2.56 bits per heavy atom. The van der Waals surface area contributed by atoms with Gasteiger partial charge in [0.1, 0.15) is 11.6 Å².